The van der Waals surface area contributed by atoms with Crippen LogP contribution in [0.4, 0.5) is 0 Å². The van der Waals surface area contributed by atoms with E-state index >= 15 is 0 Å². The molecule has 0 aromatic rings. The third-order valence-electron chi connectivity index (χ3n) is 6.38. The molecule has 44 heavy (non-hydrogen) atoms. The van der Waals surface area contributed by atoms with Crippen molar-refractivity contribution in [2.24, 2.45) is 0 Å². The SMILES string of the molecule is C[C@H](NC(=O)[C@H](C)NC(=O)[C@H](C)NC1CC(=O)N(OC(=O)CCCCCN2C(=O)C=CC2=O)C1=O)C(=O)NCOCC(=O)O. The van der Waals surface area contributed by atoms with E-state index in [0.717, 1.165) is 4.90 Å². The number of nitrogens with one attached hydrogen (secondary N) is 4. The van der Waals surface area contributed by atoms with Crippen LogP contribution in [-0.4, -0.2) is 112 Å². The second-order valence-corrected chi connectivity index (χ2v) is 9.99. The fourth-order valence-corrected chi connectivity index (χ4v) is 3.95. The van der Waals surface area contributed by atoms with E-state index in [4.69, 9.17) is 9.94 Å². The highest BCUT2D eigenvalue weighted by molar-refractivity contribution is 6.12. The number of hydrogen-bond acceptors (Lipinski definition) is 12. The molecule has 1 unspecified atom stereocenters. The van der Waals surface area contributed by atoms with E-state index < -0.39 is 84.1 Å². The van der Waals surface area contributed by atoms with E-state index in [1.807, 2.05) is 0 Å². The van der Waals surface area contributed by atoms with Gasteiger partial charge in [0.15, 0.2) is 0 Å². The third kappa shape index (κ3) is 10.8. The Balaban J connectivity index is 1.71. The van der Waals surface area contributed by atoms with Crippen LogP contribution < -0.4 is 21.3 Å². The molecule has 2 aliphatic rings. The van der Waals surface area contributed by atoms with Gasteiger partial charge in [-0.1, -0.05) is 6.42 Å². The highest BCUT2D eigenvalue weighted by Crippen LogP contribution is 2.16. The first-order valence-electron chi connectivity index (χ1n) is 13.8. The van der Waals surface area contributed by atoms with E-state index in [0.29, 0.717) is 24.3 Å². The van der Waals surface area contributed by atoms with E-state index in [9.17, 15) is 43.2 Å². The van der Waals surface area contributed by atoms with Crippen molar-refractivity contribution in [1.82, 2.24) is 31.2 Å². The zero-order valence-corrected chi connectivity index (χ0v) is 24.5. The maximum atomic E-state index is 12.7. The summed E-state index contributed by atoms with van der Waals surface area (Å²) >= 11 is 0. The topological polar surface area (TPSA) is 247 Å². The molecule has 18 heteroatoms. The lowest BCUT2D eigenvalue weighted by molar-refractivity contribution is -0.197. The normalized spacial score (nSPS) is 18.2. The molecule has 0 spiro atoms. The van der Waals surface area contributed by atoms with Crippen molar-refractivity contribution in [3.05, 3.63) is 12.2 Å². The average molecular weight is 625 g/mol. The Morgan fingerprint density at radius 1 is 0.886 bits per heavy atom. The number of hydrogen-bond donors (Lipinski definition) is 5. The van der Waals surface area contributed by atoms with Gasteiger partial charge in [-0.3, -0.25) is 43.8 Å². The van der Waals surface area contributed by atoms with Gasteiger partial charge in [-0.05, 0) is 33.6 Å². The van der Waals surface area contributed by atoms with Crippen LogP contribution in [0.1, 0.15) is 52.9 Å². The minimum atomic E-state index is -1.22. The number of carboxylic acid groups (broad SMARTS) is 1. The molecule has 0 saturated carbocycles. The van der Waals surface area contributed by atoms with Crippen LogP contribution in [0.15, 0.2) is 12.2 Å². The summed E-state index contributed by atoms with van der Waals surface area (Å²) < 4.78 is 4.68. The number of carbonyl (C=O) groups is 9. The van der Waals surface area contributed by atoms with Gasteiger partial charge in [-0.15, -0.1) is 5.06 Å². The molecule has 1 saturated heterocycles. The molecule has 4 atom stereocenters. The van der Waals surface area contributed by atoms with Gasteiger partial charge in [0, 0.05) is 25.1 Å². The molecule has 2 aliphatic heterocycles. The number of rotatable bonds is 18. The zero-order valence-electron chi connectivity index (χ0n) is 24.5. The number of nitrogens with zero attached hydrogens (tertiary/aromatic N) is 2. The fourth-order valence-electron chi connectivity index (χ4n) is 3.95. The van der Waals surface area contributed by atoms with Crippen molar-refractivity contribution < 1.29 is 57.8 Å². The maximum Gasteiger partial charge on any atom is 0.333 e. The van der Waals surface area contributed by atoms with Crippen molar-refractivity contribution in [2.75, 3.05) is 19.9 Å². The van der Waals surface area contributed by atoms with Gasteiger partial charge in [0.2, 0.25) is 17.7 Å². The Morgan fingerprint density at radius 2 is 1.48 bits per heavy atom. The largest absolute Gasteiger partial charge is 0.480 e. The number of amides is 7. The summed E-state index contributed by atoms with van der Waals surface area (Å²) in [5, 5.41) is 18.6. The number of unbranched alkanes of at least 4 members (excludes halogenated alkanes) is 2. The Bertz CT molecular complexity index is 1190. The fraction of sp³-hybridized carbons (Fsp3) is 0.577. The predicted molar refractivity (Wildman–Crippen MR) is 145 cm³/mol. The predicted octanol–water partition coefficient (Wildman–Crippen LogP) is -2.78. The van der Waals surface area contributed by atoms with Crippen molar-refractivity contribution in [1.29, 1.82) is 0 Å². The zero-order chi connectivity index (χ0) is 33.0. The first kappa shape index (κ1) is 35.5. The van der Waals surface area contributed by atoms with Gasteiger partial charge < -0.3 is 30.6 Å². The van der Waals surface area contributed by atoms with Gasteiger partial charge >= 0.3 is 11.9 Å². The molecule has 0 aliphatic carbocycles. The highest BCUT2D eigenvalue weighted by Gasteiger charge is 2.42. The number of ether oxygens (including phenoxy) is 1. The highest BCUT2D eigenvalue weighted by atomic mass is 16.7. The van der Waals surface area contributed by atoms with Crippen LogP contribution in [0, 0.1) is 0 Å². The summed E-state index contributed by atoms with van der Waals surface area (Å²) in [6.07, 6.45) is 3.13. The number of carboxylic acids is 1. The molecule has 242 valence electrons. The first-order chi connectivity index (χ1) is 20.7. The van der Waals surface area contributed by atoms with Crippen molar-refractivity contribution >= 4 is 53.3 Å². The Kier molecular flexibility index (Phi) is 13.6. The maximum absolute atomic E-state index is 12.7. The van der Waals surface area contributed by atoms with E-state index in [2.05, 4.69) is 26.0 Å². The molecule has 0 aromatic carbocycles. The standard InChI is InChI=1S/C26H36N6O12/c1-14(23(39)27-13-43-12-21(36)37)29-25(41)16(3)30-24(40)15(2)28-17-11-20(35)32(26(17)42)44-22(38)7-5-4-6-10-31-18(33)8-9-19(31)34/h8-9,14-17,28H,4-7,10-13H2,1-3H3,(H,27,39)(H,29,41)(H,30,40)(H,36,37)/t14-,15-,16-,17?/m0/s1. The molecule has 2 heterocycles. The number of hydroxylamine groups is 2. The van der Waals surface area contributed by atoms with Crippen molar-refractivity contribution in [2.45, 2.75) is 77.0 Å². The molecule has 1 fully saturated rings. The second kappa shape index (κ2) is 16.8. The van der Waals surface area contributed by atoms with Gasteiger partial charge in [-0.25, -0.2) is 9.59 Å². The molecule has 18 nitrogen and oxygen atoms in total. The Morgan fingerprint density at radius 3 is 2.09 bits per heavy atom. The van der Waals surface area contributed by atoms with Gasteiger partial charge in [0.05, 0.1) is 18.5 Å². The van der Waals surface area contributed by atoms with Gasteiger partial charge in [0.1, 0.15) is 25.4 Å². The molecular weight excluding hydrogens is 588 g/mol. The lowest BCUT2D eigenvalue weighted by Gasteiger charge is -2.21. The smallest absolute Gasteiger partial charge is 0.333 e. The Hall–Kier alpha value is -4.71. The third-order valence-corrected chi connectivity index (χ3v) is 6.38. The van der Waals surface area contributed by atoms with Crippen molar-refractivity contribution in [3.63, 3.8) is 0 Å². The Labute approximate surface area is 251 Å². The van der Waals surface area contributed by atoms with Crippen LogP contribution in [-0.2, 0) is 52.7 Å². The molecular formula is C26H36N6O12. The summed E-state index contributed by atoms with van der Waals surface area (Å²) in [4.78, 5) is 114. The second-order valence-electron chi connectivity index (χ2n) is 9.99. The van der Waals surface area contributed by atoms with Crippen molar-refractivity contribution in [3.8, 4) is 0 Å². The molecule has 5 N–H and O–H groups in total. The molecule has 0 aromatic heterocycles. The molecule has 2 rings (SSSR count). The molecule has 0 radical (unpaired) electrons. The monoisotopic (exact) mass is 624 g/mol. The minimum absolute atomic E-state index is 0.118. The minimum Gasteiger partial charge on any atom is -0.480 e. The summed E-state index contributed by atoms with van der Waals surface area (Å²) in [5.41, 5.74) is 0. The lowest BCUT2D eigenvalue weighted by Crippen LogP contribution is -2.55. The van der Waals surface area contributed by atoms with Crippen LogP contribution in [0.25, 0.3) is 0 Å². The summed E-state index contributed by atoms with van der Waals surface area (Å²) in [6, 6.07) is -4.36. The van der Waals surface area contributed by atoms with E-state index in [1.165, 1.54) is 32.9 Å². The summed E-state index contributed by atoms with van der Waals surface area (Å²) in [7, 11) is 0. The quantitative estimate of drug-likeness (QED) is 0.0589. The summed E-state index contributed by atoms with van der Waals surface area (Å²) in [5.74, 6) is -6.57. The summed E-state index contributed by atoms with van der Waals surface area (Å²) in [6.45, 7) is 3.31. The molecule has 0 bridgehead atoms. The van der Waals surface area contributed by atoms with Crippen LogP contribution in [0.3, 0.4) is 0 Å². The lowest BCUT2D eigenvalue weighted by atomic mass is 10.2. The van der Waals surface area contributed by atoms with Crippen LogP contribution >= 0.6 is 0 Å². The number of aliphatic carboxylic acids is 1. The van der Waals surface area contributed by atoms with Crippen LogP contribution in [0.2, 0.25) is 0 Å². The number of carbonyl (C=O) groups excluding carboxylic acids is 8. The molecule has 7 amide bonds. The van der Waals surface area contributed by atoms with Crippen LogP contribution in [0.5, 0.6) is 0 Å². The van der Waals surface area contributed by atoms with Gasteiger partial charge in [0.25, 0.3) is 23.6 Å². The first-order valence-corrected chi connectivity index (χ1v) is 13.8. The number of imide groups is 2. The van der Waals surface area contributed by atoms with E-state index in [1.54, 1.807) is 0 Å². The average Bonchev–Trinajstić information content (AvgIpc) is 3.41. The van der Waals surface area contributed by atoms with E-state index in [-0.39, 0.29) is 26.1 Å². The van der Waals surface area contributed by atoms with Gasteiger partial charge in [-0.2, -0.15) is 0 Å².